The van der Waals surface area contributed by atoms with Crippen LogP contribution >= 0.6 is 0 Å². The number of hydrazone groups is 1. The van der Waals surface area contributed by atoms with Crippen molar-refractivity contribution >= 4 is 58.0 Å². The average molecular weight is 565 g/mol. The summed E-state index contributed by atoms with van der Waals surface area (Å²) in [6.45, 7) is 2.02. The van der Waals surface area contributed by atoms with Gasteiger partial charge in [0.2, 0.25) is 5.91 Å². The highest BCUT2D eigenvalue weighted by Crippen LogP contribution is 2.19. The lowest BCUT2D eigenvalue weighted by molar-refractivity contribution is -0.121. The van der Waals surface area contributed by atoms with E-state index in [1.807, 2.05) is 90.5 Å². The number of hydrogen-bond acceptors (Lipinski definition) is 5. The number of aromatic amines is 2. The second-order valence-corrected chi connectivity index (χ2v) is 10.6. The Morgan fingerprint density at radius 2 is 1.23 bits per heavy atom. The first-order chi connectivity index (χ1) is 21.0. The lowest BCUT2D eigenvalue weighted by Crippen LogP contribution is -2.31. The van der Waals surface area contributed by atoms with Crippen LogP contribution in [0, 0.1) is 5.92 Å². The van der Waals surface area contributed by atoms with Crippen molar-refractivity contribution in [3.63, 3.8) is 0 Å². The van der Waals surface area contributed by atoms with Crippen molar-refractivity contribution in [2.24, 2.45) is 11.0 Å². The molecule has 0 spiro atoms. The summed E-state index contributed by atoms with van der Waals surface area (Å²) in [5.41, 5.74) is 13.4. The highest BCUT2D eigenvalue weighted by atomic mass is 16.2. The van der Waals surface area contributed by atoms with E-state index in [0.29, 0.717) is 6.42 Å². The van der Waals surface area contributed by atoms with Crippen LogP contribution in [0.1, 0.15) is 41.7 Å². The van der Waals surface area contributed by atoms with E-state index in [-0.39, 0.29) is 11.8 Å². The molecule has 0 radical (unpaired) electrons. The van der Waals surface area contributed by atoms with E-state index in [9.17, 15) is 4.79 Å². The number of nitrogens with zero attached hydrogens (tertiary/aromatic N) is 5. The Hall–Kier alpha value is -5.83. The minimum Gasteiger partial charge on any atom is -0.355 e. The third kappa shape index (κ3) is 5.96. The molecular formula is C34H28N8O. The highest BCUT2D eigenvalue weighted by molar-refractivity contribution is 6.05. The van der Waals surface area contributed by atoms with Gasteiger partial charge in [-0.1, -0.05) is 19.1 Å². The number of hydrogen-bond donors (Lipinski definition) is 3. The lowest BCUT2D eigenvalue weighted by Gasteiger charge is -2.19. The van der Waals surface area contributed by atoms with E-state index >= 15 is 0 Å². The molecule has 1 unspecified atom stereocenters. The van der Waals surface area contributed by atoms with E-state index in [1.54, 1.807) is 12.5 Å². The summed E-state index contributed by atoms with van der Waals surface area (Å²) in [4.78, 5) is 31.3. The van der Waals surface area contributed by atoms with Crippen LogP contribution in [0.3, 0.4) is 0 Å². The van der Waals surface area contributed by atoms with Gasteiger partial charge in [-0.25, -0.2) is 20.4 Å². The maximum absolute atomic E-state index is 11.2. The van der Waals surface area contributed by atoms with Crippen molar-refractivity contribution in [2.75, 3.05) is 0 Å². The van der Waals surface area contributed by atoms with Crippen molar-refractivity contribution in [2.45, 2.75) is 13.3 Å². The fourth-order valence-electron chi connectivity index (χ4n) is 5.16. The molecule has 0 saturated carbocycles. The number of H-pyrrole nitrogens is 2. The largest absolute Gasteiger partial charge is 0.355 e. The van der Waals surface area contributed by atoms with Crippen LogP contribution in [-0.2, 0) is 4.79 Å². The first-order valence-electron chi connectivity index (χ1n) is 14.0. The van der Waals surface area contributed by atoms with E-state index in [0.717, 1.165) is 61.8 Å². The number of aromatic nitrogens is 6. The smallest absolute Gasteiger partial charge is 0.240 e. The number of carbonyl (C=O) groups is 1. The molecule has 0 fully saturated rings. The molecule has 1 atom stereocenters. The summed E-state index contributed by atoms with van der Waals surface area (Å²) >= 11 is 0. The minimum atomic E-state index is -0.0220. The molecule has 0 saturated heterocycles. The van der Waals surface area contributed by atoms with E-state index < -0.39 is 0 Å². The van der Waals surface area contributed by atoms with Crippen LogP contribution in [0.4, 0.5) is 0 Å². The molecule has 0 aliphatic carbocycles. The third-order valence-corrected chi connectivity index (χ3v) is 7.27. The number of carbonyl (C=O) groups excluding carboxylic acids is 1. The van der Waals surface area contributed by atoms with Crippen LogP contribution in [0.2, 0.25) is 0 Å². The zero-order valence-corrected chi connectivity index (χ0v) is 23.4. The Labute approximate surface area is 247 Å². The quantitative estimate of drug-likeness (QED) is 0.226. The highest BCUT2D eigenvalue weighted by Gasteiger charge is 2.21. The average Bonchev–Trinajstić information content (AvgIpc) is 3.84. The maximum Gasteiger partial charge on any atom is 0.240 e. The van der Waals surface area contributed by atoms with Gasteiger partial charge in [-0.2, -0.15) is 5.10 Å². The van der Waals surface area contributed by atoms with Crippen molar-refractivity contribution < 1.29 is 4.79 Å². The van der Waals surface area contributed by atoms with Crippen molar-refractivity contribution in [3.8, 4) is 5.69 Å². The summed E-state index contributed by atoms with van der Waals surface area (Å²) in [6, 6.07) is 24.4. The molecule has 3 aliphatic rings. The monoisotopic (exact) mass is 564 g/mol. The van der Waals surface area contributed by atoms with E-state index in [4.69, 9.17) is 0 Å². The van der Waals surface area contributed by atoms with Gasteiger partial charge in [-0.05, 0) is 90.5 Å². The van der Waals surface area contributed by atoms with Gasteiger partial charge in [0.1, 0.15) is 0 Å². The van der Waals surface area contributed by atoms with E-state index in [2.05, 4.69) is 59.7 Å². The molecule has 8 bridgehead atoms. The van der Waals surface area contributed by atoms with Gasteiger partial charge in [-0.3, -0.25) is 4.79 Å². The van der Waals surface area contributed by atoms with Gasteiger partial charge in [0.15, 0.2) is 0 Å². The summed E-state index contributed by atoms with van der Waals surface area (Å²) in [7, 11) is 0. The second-order valence-electron chi connectivity index (χ2n) is 10.6. The summed E-state index contributed by atoms with van der Waals surface area (Å²) in [5.74, 6) is 0.124. The number of benzene rings is 1. The lowest BCUT2D eigenvalue weighted by atomic mass is 9.94. The Balaban J connectivity index is 0.000000144. The number of fused-ring (bicyclic) bond motifs is 8. The number of nitrogens with one attached hydrogen (secondary N) is 3. The SMILES string of the molecule is C1=Cc2cc3ccc(cc4nc(cc5ccc(cc1n2)[nH]5)C=C4)[nH]3.CC1CC(=O)NN=C1c1ccc(-n2ccnc2)cc1. The molecule has 1 amide bonds. The van der Waals surface area contributed by atoms with Crippen LogP contribution in [-0.4, -0.2) is 41.1 Å². The zero-order chi connectivity index (χ0) is 29.2. The Morgan fingerprint density at radius 3 is 1.67 bits per heavy atom. The van der Waals surface area contributed by atoms with Crippen molar-refractivity contribution in [3.05, 3.63) is 120 Å². The van der Waals surface area contributed by atoms with Gasteiger partial charge in [0.25, 0.3) is 0 Å². The van der Waals surface area contributed by atoms with Crippen LogP contribution < -0.4 is 5.43 Å². The van der Waals surface area contributed by atoms with Crippen LogP contribution in [0.15, 0.2) is 96.6 Å². The predicted molar refractivity (Wildman–Crippen MR) is 171 cm³/mol. The number of amides is 1. The molecule has 5 aromatic rings. The molecule has 43 heavy (non-hydrogen) atoms. The molecule has 210 valence electrons. The summed E-state index contributed by atoms with van der Waals surface area (Å²) in [6.07, 6.45) is 14.0. The Morgan fingerprint density at radius 1 is 0.721 bits per heavy atom. The van der Waals surface area contributed by atoms with Gasteiger partial charge < -0.3 is 14.5 Å². The van der Waals surface area contributed by atoms with Gasteiger partial charge >= 0.3 is 0 Å². The Bertz CT molecular complexity index is 1890. The van der Waals surface area contributed by atoms with Gasteiger partial charge in [0, 0.05) is 52.5 Å². The standard InChI is InChI=1S/C20H14N4.C14H14N4O/c1-2-14-10-16-5-6-18(23-16)12-20-8-7-19(24-20)11-17-4-3-15(22-17)9-13(1)21-14;1-10-8-13(19)16-17-14(10)11-2-4-12(5-3-11)18-7-6-15-9-18/h1-12,21,24H;2-7,9-10H,8H2,1H3,(H,16,19). The molecule has 7 heterocycles. The molecule has 4 aromatic heterocycles. The zero-order valence-electron chi connectivity index (χ0n) is 23.4. The topological polar surface area (TPSA) is 117 Å². The van der Waals surface area contributed by atoms with Crippen LogP contribution in [0.25, 0.3) is 52.1 Å². The Kier molecular flexibility index (Phi) is 6.80. The summed E-state index contributed by atoms with van der Waals surface area (Å²) < 4.78 is 1.94. The first kappa shape index (κ1) is 26.1. The maximum atomic E-state index is 11.2. The van der Waals surface area contributed by atoms with E-state index in [1.165, 1.54) is 0 Å². The molecule has 1 aromatic carbocycles. The molecule has 3 N–H and O–H groups in total. The molecular weight excluding hydrogens is 536 g/mol. The normalized spacial score (nSPS) is 15.4. The number of rotatable bonds is 2. The van der Waals surface area contributed by atoms with Gasteiger partial charge in [-0.15, -0.1) is 0 Å². The fraction of sp³-hybridized carbons (Fsp3) is 0.0882. The van der Waals surface area contributed by atoms with Crippen LogP contribution in [0.5, 0.6) is 0 Å². The third-order valence-electron chi connectivity index (χ3n) is 7.27. The molecule has 3 aliphatic heterocycles. The molecule has 9 nitrogen and oxygen atoms in total. The van der Waals surface area contributed by atoms with Crippen molar-refractivity contribution in [1.29, 1.82) is 0 Å². The van der Waals surface area contributed by atoms with Crippen molar-refractivity contribution in [1.82, 2.24) is 34.9 Å². The predicted octanol–water partition coefficient (Wildman–Crippen LogP) is 6.39. The first-order valence-corrected chi connectivity index (χ1v) is 14.0. The molecule has 9 heteroatoms. The summed E-state index contributed by atoms with van der Waals surface area (Å²) in [5, 5.41) is 4.15. The molecule has 8 rings (SSSR count). The fourth-order valence-corrected chi connectivity index (χ4v) is 5.16. The minimum absolute atomic E-state index is 0.0220. The van der Waals surface area contributed by atoms with Gasteiger partial charge in [0.05, 0.1) is 34.8 Å². The number of imidazole rings is 1. The second kappa shape index (κ2) is 11.2.